The van der Waals surface area contributed by atoms with Crippen LogP contribution in [-0.4, -0.2) is 62.9 Å². The number of carbonyl (C=O) groups is 1. The molecule has 150 valence electrons. The third kappa shape index (κ3) is 4.52. The van der Waals surface area contributed by atoms with Crippen LogP contribution < -0.4 is 10.1 Å². The van der Waals surface area contributed by atoms with E-state index in [0.29, 0.717) is 36.8 Å². The Bertz CT molecular complexity index is 893. The number of piperazine rings is 1. The Morgan fingerprint density at radius 1 is 1.00 bits per heavy atom. The zero-order valence-corrected chi connectivity index (χ0v) is 16.9. The van der Waals surface area contributed by atoms with Crippen molar-refractivity contribution < 1.29 is 17.9 Å². The molecule has 1 amide bonds. The smallest absolute Gasteiger partial charge is 0.243 e. The first-order valence-corrected chi connectivity index (χ1v) is 10.6. The van der Waals surface area contributed by atoms with Gasteiger partial charge in [-0.2, -0.15) is 4.31 Å². The van der Waals surface area contributed by atoms with Crippen LogP contribution in [-0.2, 0) is 14.8 Å². The Hall–Kier alpha value is -2.42. The van der Waals surface area contributed by atoms with Gasteiger partial charge in [0.1, 0.15) is 5.75 Å². The largest absolute Gasteiger partial charge is 0.497 e. The van der Waals surface area contributed by atoms with E-state index in [4.69, 9.17) is 4.74 Å². The molecule has 28 heavy (non-hydrogen) atoms. The van der Waals surface area contributed by atoms with Gasteiger partial charge < -0.3 is 10.1 Å². The standard InChI is InChI=1S/C20H25N3O4S/c1-16(20(24)21-17-8-10-18(27-2)11-9-17)22-12-14-23(15-13-22)28(25,26)19-6-4-3-5-7-19/h3-11,16H,12-15H2,1-2H3,(H,21,24)/t16-/m0/s1. The summed E-state index contributed by atoms with van der Waals surface area (Å²) >= 11 is 0. The summed E-state index contributed by atoms with van der Waals surface area (Å²) in [6.07, 6.45) is 0. The van der Waals surface area contributed by atoms with Gasteiger partial charge in [0.05, 0.1) is 18.0 Å². The fraction of sp³-hybridized carbons (Fsp3) is 0.350. The Kier molecular flexibility index (Phi) is 6.33. The fourth-order valence-corrected chi connectivity index (χ4v) is 4.60. The van der Waals surface area contributed by atoms with E-state index in [2.05, 4.69) is 5.32 Å². The van der Waals surface area contributed by atoms with Crippen molar-refractivity contribution in [2.45, 2.75) is 17.9 Å². The summed E-state index contributed by atoms with van der Waals surface area (Å²) in [6, 6.07) is 15.2. The third-order valence-electron chi connectivity index (χ3n) is 4.94. The summed E-state index contributed by atoms with van der Waals surface area (Å²) in [5.41, 5.74) is 0.697. The number of anilines is 1. The molecule has 7 nitrogen and oxygen atoms in total. The molecule has 0 saturated carbocycles. The van der Waals surface area contributed by atoms with Crippen molar-refractivity contribution in [2.75, 3.05) is 38.6 Å². The molecule has 1 aliphatic rings. The minimum atomic E-state index is -3.49. The van der Waals surface area contributed by atoms with Gasteiger partial charge in [0.25, 0.3) is 0 Å². The molecular formula is C20H25N3O4S. The van der Waals surface area contributed by atoms with Gasteiger partial charge in [-0.15, -0.1) is 0 Å². The minimum absolute atomic E-state index is 0.121. The van der Waals surface area contributed by atoms with E-state index >= 15 is 0 Å². The van der Waals surface area contributed by atoms with E-state index < -0.39 is 10.0 Å². The first-order valence-electron chi connectivity index (χ1n) is 9.16. The lowest BCUT2D eigenvalue weighted by molar-refractivity contribution is -0.121. The normalized spacial score (nSPS) is 17.1. The van der Waals surface area contributed by atoms with Crippen molar-refractivity contribution in [3.63, 3.8) is 0 Å². The van der Waals surface area contributed by atoms with Crippen LogP contribution in [0.15, 0.2) is 59.5 Å². The van der Waals surface area contributed by atoms with Gasteiger partial charge in [0.15, 0.2) is 0 Å². The van der Waals surface area contributed by atoms with Gasteiger partial charge in [-0.25, -0.2) is 8.42 Å². The molecule has 1 heterocycles. The van der Waals surface area contributed by atoms with Gasteiger partial charge in [0.2, 0.25) is 15.9 Å². The van der Waals surface area contributed by atoms with Gasteiger partial charge in [0, 0.05) is 31.9 Å². The molecule has 1 N–H and O–H groups in total. The SMILES string of the molecule is COc1ccc(NC(=O)[C@H](C)N2CCN(S(=O)(=O)c3ccccc3)CC2)cc1. The Balaban J connectivity index is 1.57. The highest BCUT2D eigenvalue weighted by Crippen LogP contribution is 2.19. The maximum absolute atomic E-state index is 12.7. The molecule has 0 aromatic heterocycles. The molecule has 1 saturated heterocycles. The Morgan fingerprint density at radius 2 is 1.61 bits per heavy atom. The summed E-state index contributed by atoms with van der Waals surface area (Å²) in [5, 5.41) is 2.89. The molecule has 0 radical (unpaired) electrons. The van der Waals surface area contributed by atoms with Crippen molar-refractivity contribution in [1.29, 1.82) is 0 Å². The summed E-state index contributed by atoms with van der Waals surface area (Å²) in [5.74, 6) is 0.603. The number of amides is 1. The number of rotatable bonds is 6. The van der Waals surface area contributed by atoms with E-state index in [1.807, 2.05) is 11.8 Å². The Morgan fingerprint density at radius 3 is 2.18 bits per heavy atom. The number of carbonyl (C=O) groups excluding carboxylic acids is 1. The molecule has 2 aromatic carbocycles. The predicted octanol–water partition coefficient (Wildman–Crippen LogP) is 2.03. The second-order valence-corrected chi connectivity index (χ2v) is 8.58. The highest BCUT2D eigenvalue weighted by molar-refractivity contribution is 7.89. The lowest BCUT2D eigenvalue weighted by atomic mass is 10.2. The summed E-state index contributed by atoms with van der Waals surface area (Å²) in [7, 11) is -1.90. The van der Waals surface area contributed by atoms with Gasteiger partial charge in [-0.3, -0.25) is 9.69 Å². The van der Waals surface area contributed by atoms with Crippen LogP contribution in [0.2, 0.25) is 0 Å². The number of nitrogens with zero attached hydrogens (tertiary/aromatic N) is 2. The second kappa shape index (κ2) is 8.72. The maximum Gasteiger partial charge on any atom is 0.243 e. The third-order valence-corrected chi connectivity index (χ3v) is 6.85. The van der Waals surface area contributed by atoms with Crippen molar-refractivity contribution in [3.05, 3.63) is 54.6 Å². The molecule has 8 heteroatoms. The van der Waals surface area contributed by atoms with Crippen LogP contribution in [0.4, 0.5) is 5.69 Å². The van der Waals surface area contributed by atoms with Gasteiger partial charge in [-0.1, -0.05) is 18.2 Å². The lowest BCUT2D eigenvalue weighted by Crippen LogP contribution is -2.53. The second-order valence-electron chi connectivity index (χ2n) is 6.65. The quantitative estimate of drug-likeness (QED) is 0.798. The average molecular weight is 404 g/mol. The van der Waals surface area contributed by atoms with Crippen molar-refractivity contribution in [3.8, 4) is 5.75 Å². The highest BCUT2D eigenvalue weighted by Gasteiger charge is 2.31. The Labute approximate surface area is 166 Å². The van der Waals surface area contributed by atoms with Crippen molar-refractivity contribution >= 4 is 21.6 Å². The molecule has 1 fully saturated rings. The number of ether oxygens (including phenoxy) is 1. The van der Waals surface area contributed by atoms with E-state index in [9.17, 15) is 13.2 Å². The summed E-state index contributed by atoms with van der Waals surface area (Å²) in [6.45, 7) is 3.56. The van der Waals surface area contributed by atoms with Gasteiger partial charge >= 0.3 is 0 Å². The molecule has 0 spiro atoms. The minimum Gasteiger partial charge on any atom is -0.497 e. The predicted molar refractivity (Wildman–Crippen MR) is 108 cm³/mol. The van der Waals surface area contributed by atoms with Crippen LogP contribution in [0, 0.1) is 0 Å². The summed E-state index contributed by atoms with van der Waals surface area (Å²) in [4.78, 5) is 14.8. The topological polar surface area (TPSA) is 79.0 Å². The number of sulfonamides is 1. The number of hydrogen-bond acceptors (Lipinski definition) is 5. The molecule has 1 atom stereocenters. The van der Waals surface area contributed by atoms with Crippen LogP contribution >= 0.6 is 0 Å². The number of benzene rings is 2. The van der Waals surface area contributed by atoms with Crippen LogP contribution in [0.5, 0.6) is 5.75 Å². The molecule has 1 aliphatic heterocycles. The summed E-state index contributed by atoms with van der Waals surface area (Å²) < 4.78 is 32.0. The molecule has 3 rings (SSSR count). The average Bonchev–Trinajstić information content (AvgIpc) is 2.74. The van der Waals surface area contributed by atoms with Crippen molar-refractivity contribution in [1.82, 2.24) is 9.21 Å². The van der Waals surface area contributed by atoms with Crippen LogP contribution in [0.3, 0.4) is 0 Å². The molecule has 2 aromatic rings. The fourth-order valence-electron chi connectivity index (χ4n) is 3.16. The van der Waals surface area contributed by atoms with E-state index in [1.54, 1.807) is 61.7 Å². The van der Waals surface area contributed by atoms with E-state index in [1.165, 1.54) is 4.31 Å². The molecule has 0 bridgehead atoms. The number of methoxy groups -OCH3 is 1. The van der Waals surface area contributed by atoms with Gasteiger partial charge in [-0.05, 0) is 43.3 Å². The van der Waals surface area contributed by atoms with Crippen LogP contribution in [0.25, 0.3) is 0 Å². The number of nitrogens with one attached hydrogen (secondary N) is 1. The van der Waals surface area contributed by atoms with E-state index in [-0.39, 0.29) is 11.9 Å². The van der Waals surface area contributed by atoms with Crippen LogP contribution in [0.1, 0.15) is 6.92 Å². The first-order chi connectivity index (χ1) is 13.4. The number of hydrogen-bond donors (Lipinski definition) is 1. The molecule has 0 unspecified atom stereocenters. The zero-order valence-electron chi connectivity index (χ0n) is 16.0. The maximum atomic E-state index is 12.7. The molecule has 0 aliphatic carbocycles. The van der Waals surface area contributed by atoms with E-state index in [0.717, 1.165) is 5.75 Å². The first kappa shape index (κ1) is 20.3. The lowest BCUT2D eigenvalue weighted by Gasteiger charge is -2.36. The monoisotopic (exact) mass is 403 g/mol. The molecular weight excluding hydrogens is 378 g/mol. The zero-order chi connectivity index (χ0) is 20.1. The van der Waals surface area contributed by atoms with Crippen molar-refractivity contribution in [2.24, 2.45) is 0 Å². The highest BCUT2D eigenvalue weighted by atomic mass is 32.2.